The van der Waals surface area contributed by atoms with E-state index in [1.807, 2.05) is 52.0 Å². The first-order valence-electron chi connectivity index (χ1n) is 9.42. The van der Waals surface area contributed by atoms with Crippen LogP contribution < -0.4 is 10.3 Å². The number of nitrogens with zero attached hydrogens (tertiary/aromatic N) is 2. The van der Waals surface area contributed by atoms with Crippen LogP contribution in [0.3, 0.4) is 0 Å². The fourth-order valence-electron chi connectivity index (χ4n) is 3.08. The lowest BCUT2D eigenvalue weighted by Crippen LogP contribution is -2.24. The van der Waals surface area contributed by atoms with Crippen molar-refractivity contribution >= 4 is 22.7 Å². The Morgan fingerprint density at radius 2 is 1.86 bits per heavy atom. The molecule has 0 saturated heterocycles. The fourth-order valence-corrected chi connectivity index (χ4v) is 4.05. The van der Waals surface area contributed by atoms with Crippen LogP contribution >= 0.6 is 11.8 Å². The molecule has 1 heterocycles. The van der Waals surface area contributed by atoms with E-state index in [9.17, 15) is 9.90 Å². The summed E-state index contributed by atoms with van der Waals surface area (Å²) in [4.78, 5) is 17.3. The lowest BCUT2D eigenvalue weighted by atomic mass is 10.1. The van der Waals surface area contributed by atoms with Gasteiger partial charge in [-0.05, 0) is 56.5 Å². The Morgan fingerprint density at radius 1 is 1.14 bits per heavy atom. The molecule has 0 fully saturated rings. The first kappa shape index (κ1) is 20.4. The Hall–Kier alpha value is -2.31. The first-order valence-corrected chi connectivity index (χ1v) is 10.4. The van der Waals surface area contributed by atoms with Gasteiger partial charge in [-0.15, -0.1) is 0 Å². The maximum absolute atomic E-state index is 12.7. The number of fused-ring (bicyclic) bond motifs is 1. The molecule has 2 aromatic carbocycles. The van der Waals surface area contributed by atoms with Gasteiger partial charge >= 0.3 is 0 Å². The molecule has 0 aliphatic carbocycles. The van der Waals surface area contributed by atoms with Crippen LogP contribution in [0.2, 0.25) is 0 Å². The monoisotopic (exact) mass is 398 g/mol. The molecular weight excluding hydrogens is 372 g/mol. The molecule has 0 saturated carbocycles. The molecular formula is C22H26N2O3S. The molecule has 0 bridgehead atoms. The van der Waals surface area contributed by atoms with Gasteiger partial charge in [-0.25, -0.2) is 4.98 Å². The van der Waals surface area contributed by atoms with Crippen LogP contribution in [0, 0.1) is 20.8 Å². The van der Waals surface area contributed by atoms with E-state index >= 15 is 0 Å². The van der Waals surface area contributed by atoms with Crippen LogP contribution in [0.4, 0.5) is 0 Å². The van der Waals surface area contributed by atoms with Gasteiger partial charge in [0.2, 0.25) is 0 Å². The minimum atomic E-state index is -0.669. The number of hydrogen-bond donors (Lipinski definition) is 1. The summed E-state index contributed by atoms with van der Waals surface area (Å²) in [7, 11) is 0. The Bertz CT molecular complexity index is 1050. The van der Waals surface area contributed by atoms with Gasteiger partial charge in [0.15, 0.2) is 5.16 Å². The minimum Gasteiger partial charge on any atom is -0.490 e. The Kier molecular flexibility index (Phi) is 6.42. The van der Waals surface area contributed by atoms with Gasteiger partial charge in [0.25, 0.3) is 5.56 Å². The van der Waals surface area contributed by atoms with Crippen molar-refractivity contribution < 1.29 is 9.84 Å². The van der Waals surface area contributed by atoms with E-state index in [4.69, 9.17) is 4.74 Å². The number of ether oxygens (including phenoxy) is 1. The maximum Gasteiger partial charge on any atom is 0.262 e. The normalized spacial score (nSPS) is 12.3. The molecule has 6 heteroatoms. The van der Waals surface area contributed by atoms with Gasteiger partial charge in [-0.2, -0.15) is 0 Å². The molecule has 1 N–H and O–H groups in total. The SMILES string of the molecule is CCn1c(SC[C@@H](O)COc2c(C)ccc(C)c2C)nc2ccccc2c1=O. The molecule has 0 radical (unpaired) electrons. The third-order valence-corrected chi connectivity index (χ3v) is 5.96. The predicted octanol–water partition coefficient (Wildman–Crippen LogP) is 3.87. The topological polar surface area (TPSA) is 64.3 Å². The van der Waals surface area contributed by atoms with E-state index in [-0.39, 0.29) is 12.2 Å². The number of aliphatic hydroxyl groups is 1. The molecule has 3 aromatic rings. The van der Waals surface area contributed by atoms with E-state index in [2.05, 4.69) is 11.1 Å². The van der Waals surface area contributed by atoms with Crippen LogP contribution in [0.25, 0.3) is 10.9 Å². The molecule has 0 spiro atoms. The molecule has 3 rings (SSSR count). The number of benzene rings is 2. The van der Waals surface area contributed by atoms with Crippen molar-refractivity contribution in [1.29, 1.82) is 0 Å². The highest BCUT2D eigenvalue weighted by molar-refractivity contribution is 7.99. The minimum absolute atomic E-state index is 0.0487. The third-order valence-electron chi connectivity index (χ3n) is 4.84. The summed E-state index contributed by atoms with van der Waals surface area (Å²) in [5.41, 5.74) is 3.94. The van der Waals surface area contributed by atoms with Crippen molar-refractivity contribution in [3.8, 4) is 5.75 Å². The highest BCUT2D eigenvalue weighted by Crippen LogP contribution is 2.26. The summed E-state index contributed by atoms with van der Waals surface area (Å²) < 4.78 is 7.55. The van der Waals surface area contributed by atoms with Crippen LogP contribution in [0.1, 0.15) is 23.6 Å². The number of aliphatic hydroxyl groups excluding tert-OH is 1. The van der Waals surface area contributed by atoms with Gasteiger partial charge in [-0.3, -0.25) is 9.36 Å². The Labute approximate surface area is 169 Å². The summed E-state index contributed by atoms with van der Waals surface area (Å²) in [5.74, 6) is 1.23. The van der Waals surface area contributed by atoms with Crippen molar-refractivity contribution in [2.24, 2.45) is 0 Å². The number of rotatable bonds is 7. The molecule has 28 heavy (non-hydrogen) atoms. The van der Waals surface area contributed by atoms with Crippen molar-refractivity contribution in [2.45, 2.75) is 45.5 Å². The fraction of sp³-hybridized carbons (Fsp3) is 0.364. The zero-order valence-corrected chi connectivity index (χ0v) is 17.5. The third kappa shape index (κ3) is 4.23. The molecule has 1 aromatic heterocycles. The number of aromatic nitrogens is 2. The summed E-state index contributed by atoms with van der Waals surface area (Å²) in [6, 6.07) is 11.4. The zero-order valence-electron chi connectivity index (χ0n) is 16.7. The molecule has 0 aliphatic rings. The lowest BCUT2D eigenvalue weighted by molar-refractivity contribution is 0.125. The average molecular weight is 399 g/mol. The van der Waals surface area contributed by atoms with Gasteiger partial charge in [0, 0.05) is 12.3 Å². The van der Waals surface area contributed by atoms with E-state index in [1.165, 1.54) is 11.8 Å². The largest absolute Gasteiger partial charge is 0.490 e. The van der Waals surface area contributed by atoms with Gasteiger partial charge in [-0.1, -0.05) is 36.0 Å². The van der Waals surface area contributed by atoms with Crippen LogP contribution in [-0.4, -0.2) is 33.1 Å². The summed E-state index contributed by atoms with van der Waals surface area (Å²) in [5, 5.41) is 11.6. The number of hydrogen-bond acceptors (Lipinski definition) is 5. The predicted molar refractivity (Wildman–Crippen MR) is 115 cm³/mol. The first-order chi connectivity index (χ1) is 13.4. The highest BCUT2D eigenvalue weighted by Gasteiger charge is 2.14. The summed E-state index contributed by atoms with van der Waals surface area (Å²) in [6.07, 6.45) is -0.669. The van der Waals surface area contributed by atoms with Crippen molar-refractivity contribution in [3.63, 3.8) is 0 Å². The van der Waals surface area contributed by atoms with E-state index in [0.717, 1.165) is 22.4 Å². The zero-order chi connectivity index (χ0) is 20.3. The van der Waals surface area contributed by atoms with Crippen LogP contribution in [0.15, 0.2) is 46.3 Å². The summed E-state index contributed by atoms with van der Waals surface area (Å²) in [6.45, 7) is 8.73. The smallest absolute Gasteiger partial charge is 0.262 e. The number of aryl methyl sites for hydroxylation is 2. The van der Waals surface area contributed by atoms with E-state index in [1.54, 1.807) is 10.6 Å². The van der Waals surface area contributed by atoms with Crippen LogP contribution in [0.5, 0.6) is 5.75 Å². The second-order valence-corrected chi connectivity index (χ2v) is 7.88. The molecule has 0 unspecified atom stereocenters. The standard InChI is InChI=1S/C22H26N2O3S/c1-5-24-21(26)18-8-6-7-9-19(18)23-22(24)28-13-17(25)12-27-20-15(3)11-10-14(2)16(20)4/h6-11,17,25H,5,12-13H2,1-4H3/t17-/m0/s1. The molecule has 1 atom stereocenters. The van der Waals surface area contributed by atoms with Crippen molar-refractivity contribution in [2.75, 3.05) is 12.4 Å². The molecule has 0 amide bonds. The number of thioether (sulfide) groups is 1. The lowest BCUT2D eigenvalue weighted by Gasteiger charge is -2.17. The van der Waals surface area contributed by atoms with Crippen LogP contribution in [-0.2, 0) is 6.54 Å². The average Bonchev–Trinajstić information content (AvgIpc) is 2.69. The van der Waals surface area contributed by atoms with Gasteiger partial charge in [0.1, 0.15) is 12.4 Å². The van der Waals surface area contributed by atoms with Gasteiger partial charge < -0.3 is 9.84 Å². The van der Waals surface area contributed by atoms with E-state index < -0.39 is 6.10 Å². The maximum atomic E-state index is 12.7. The second-order valence-electron chi connectivity index (χ2n) is 6.89. The van der Waals surface area contributed by atoms with Crippen molar-refractivity contribution in [1.82, 2.24) is 9.55 Å². The Morgan fingerprint density at radius 3 is 2.61 bits per heavy atom. The molecule has 5 nitrogen and oxygen atoms in total. The molecule has 0 aliphatic heterocycles. The van der Waals surface area contributed by atoms with Crippen molar-refractivity contribution in [3.05, 3.63) is 63.4 Å². The van der Waals surface area contributed by atoms with Gasteiger partial charge in [0.05, 0.1) is 17.0 Å². The highest BCUT2D eigenvalue weighted by atomic mass is 32.2. The molecule has 148 valence electrons. The second kappa shape index (κ2) is 8.80. The summed E-state index contributed by atoms with van der Waals surface area (Å²) >= 11 is 1.38. The van der Waals surface area contributed by atoms with E-state index in [0.29, 0.717) is 28.4 Å². The quantitative estimate of drug-likeness (QED) is 0.483. The number of para-hydroxylation sites is 1. The Balaban J connectivity index is 1.71.